The van der Waals surface area contributed by atoms with E-state index in [1.165, 1.54) is 0 Å². The predicted octanol–water partition coefficient (Wildman–Crippen LogP) is 1.32. The van der Waals surface area contributed by atoms with Crippen molar-refractivity contribution >= 4 is 45.2 Å². The van der Waals surface area contributed by atoms with Gasteiger partial charge in [0, 0.05) is 0 Å². The molecule has 104 valence electrons. The largest absolute Gasteiger partial charge is 0.394 e. The van der Waals surface area contributed by atoms with Crippen LogP contribution >= 0.6 is 45.2 Å². The Hall–Kier alpha value is 1.26. The normalized spacial score (nSPS) is 13.1. The van der Waals surface area contributed by atoms with Crippen molar-refractivity contribution in [2.75, 3.05) is 39.6 Å². The summed E-state index contributed by atoms with van der Waals surface area (Å²) in [7, 11) is 0. The minimum atomic E-state index is -0.918. The molecule has 5 nitrogen and oxygen atoms in total. The Labute approximate surface area is 129 Å². The molecule has 0 unspecified atom stereocenters. The van der Waals surface area contributed by atoms with Gasteiger partial charge in [-0.25, -0.2) is 0 Å². The van der Waals surface area contributed by atoms with E-state index < -0.39 is 7.22 Å². The lowest BCUT2D eigenvalue weighted by atomic mass is 10.2. The third-order valence-electron chi connectivity index (χ3n) is 1.83. The number of aliphatic hydroxyl groups excluding tert-OH is 1. The Balaban J connectivity index is 3.46. The monoisotopic (exact) mass is 474 g/mol. The number of halogens is 2. The smallest absolute Gasteiger partial charge is 0.197 e. The quantitative estimate of drug-likeness (QED) is 0.284. The molecule has 17 heavy (non-hydrogen) atoms. The van der Waals surface area contributed by atoms with Crippen molar-refractivity contribution in [3.05, 3.63) is 0 Å². The third kappa shape index (κ3) is 8.89. The molecule has 0 bridgehead atoms. The van der Waals surface area contributed by atoms with E-state index in [2.05, 4.69) is 45.2 Å². The molecular weight excluding hydrogens is 454 g/mol. The highest BCUT2D eigenvalue weighted by atomic mass is 127. The number of hydrogen-bond donors (Lipinski definition) is 2. The predicted molar refractivity (Wildman–Crippen MR) is 81.7 cm³/mol. The third-order valence-corrected chi connectivity index (χ3v) is 5.09. The van der Waals surface area contributed by atoms with Gasteiger partial charge in [-0.2, -0.15) is 0 Å². The van der Waals surface area contributed by atoms with Gasteiger partial charge in [0.05, 0.1) is 39.6 Å². The van der Waals surface area contributed by atoms with Crippen LogP contribution in [0.1, 0.15) is 13.8 Å². The first kappa shape index (κ1) is 18.3. The molecule has 0 aromatic heterocycles. The fraction of sp³-hybridized carbons (Fsp3) is 1.00. The molecule has 0 radical (unpaired) electrons. The molecule has 0 aliphatic heterocycles. The molecule has 0 aliphatic rings. The molecule has 0 saturated carbocycles. The lowest BCUT2D eigenvalue weighted by Gasteiger charge is -2.33. The van der Waals surface area contributed by atoms with Crippen molar-refractivity contribution < 1.29 is 24.4 Å². The summed E-state index contributed by atoms with van der Waals surface area (Å²) >= 11 is 4.14. The van der Waals surface area contributed by atoms with E-state index in [1.54, 1.807) is 13.8 Å². The lowest BCUT2D eigenvalue weighted by Crippen LogP contribution is -2.42. The summed E-state index contributed by atoms with van der Waals surface area (Å²) in [5, 5.41) is 18.3. The summed E-state index contributed by atoms with van der Waals surface area (Å²) in [5.74, 6) is 0. The van der Waals surface area contributed by atoms with Crippen molar-refractivity contribution in [1.82, 2.24) is 0 Å². The van der Waals surface area contributed by atoms with Crippen LogP contribution in [0.5, 0.6) is 0 Å². The highest BCUT2D eigenvalue weighted by molar-refractivity contribution is 14.2. The van der Waals surface area contributed by atoms with Crippen LogP contribution in [0.15, 0.2) is 0 Å². The van der Waals surface area contributed by atoms with Crippen molar-refractivity contribution in [1.29, 1.82) is 0 Å². The average molecular weight is 474 g/mol. The van der Waals surface area contributed by atoms with Crippen LogP contribution in [0.25, 0.3) is 0 Å². The Morgan fingerprint density at radius 3 is 1.88 bits per heavy atom. The second kappa shape index (κ2) is 9.21. The molecule has 0 atom stereocenters. The molecule has 0 fully saturated rings. The Morgan fingerprint density at radius 1 is 0.941 bits per heavy atom. The number of aliphatic hydroxyl groups is 2. The molecule has 0 aliphatic carbocycles. The average Bonchev–Trinajstić information content (AvgIpc) is 2.20. The van der Waals surface area contributed by atoms with Crippen molar-refractivity contribution in [3.63, 3.8) is 0 Å². The van der Waals surface area contributed by atoms with Gasteiger partial charge in [-0.05, 0) is 59.0 Å². The Morgan fingerprint density at radius 2 is 1.41 bits per heavy atom. The van der Waals surface area contributed by atoms with Crippen LogP contribution in [-0.4, -0.2) is 57.1 Å². The van der Waals surface area contributed by atoms with Crippen LogP contribution < -0.4 is 0 Å². The van der Waals surface area contributed by atoms with E-state index in [9.17, 15) is 5.11 Å². The number of ether oxygens (including phenoxy) is 3. The SMILES string of the molecule is CC(C)(O)C(I)(I)OCCOCCOCCO. The van der Waals surface area contributed by atoms with Gasteiger partial charge in [0.2, 0.25) is 0 Å². The lowest BCUT2D eigenvalue weighted by molar-refractivity contribution is -0.0602. The Kier molecular flexibility index (Phi) is 9.89. The number of alkyl halides is 2. The Bertz CT molecular complexity index is 194. The van der Waals surface area contributed by atoms with Gasteiger partial charge in [-0.1, -0.05) is 0 Å². The van der Waals surface area contributed by atoms with Crippen molar-refractivity contribution in [2.45, 2.75) is 21.1 Å². The van der Waals surface area contributed by atoms with Crippen LogP contribution in [-0.2, 0) is 14.2 Å². The minimum absolute atomic E-state index is 0.0287. The van der Waals surface area contributed by atoms with E-state index >= 15 is 0 Å². The highest BCUT2D eigenvalue weighted by Crippen LogP contribution is 2.39. The van der Waals surface area contributed by atoms with E-state index in [1.807, 2.05) is 0 Å². The van der Waals surface area contributed by atoms with E-state index in [-0.39, 0.29) is 6.61 Å². The summed E-state index contributed by atoms with van der Waals surface area (Å²) in [6.45, 7) is 5.57. The van der Waals surface area contributed by atoms with Crippen molar-refractivity contribution in [3.8, 4) is 0 Å². The van der Waals surface area contributed by atoms with Gasteiger partial charge in [-0.3, -0.25) is 0 Å². The number of hydrogen-bond acceptors (Lipinski definition) is 5. The highest BCUT2D eigenvalue weighted by Gasteiger charge is 2.40. The fourth-order valence-corrected chi connectivity index (χ4v) is 1.23. The molecular formula is C10H20I2O5. The molecule has 0 heterocycles. The van der Waals surface area contributed by atoms with Gasteiger partial charge in [0.15, 0.2) is 1.61 Å². The molecule has 2 N–H and O–H groups in total. The van der Waals surface area contributed by atoms with Gasteiger partial charge in [-0.15, -0.1) is 0 Å². The second-order valence-corrected chi connectivity index (χ2v) is 8.98. The second-order valence-electron chi connectivity index (χ2n) is 3.87. The minimum Gasteiger partial charge on any atom is -0.394 e. The zero-order valence-corrected chi connectivity index (χ0v) is 14.4. The van der Waals surface area contributed by atoms with Crippen LogP contribution in [0.3, 0.4) is 0 Å². The number of rotatable bonds is 10. The topological polar surface area (TPSA) is 68.2 Å². The first-order valence-corrected chi connectivity index (χ1v) is 7.47. The summed E-state index contributed by atoms with van der Waals surface area (Å²) in [6.07, 6.45) is 0. The molecule has 0 spiro atoms. The molecule has 0 amide bonds. The maximum Gasteiger partial charge on any atom is 0.197 e. The van der Waals surface area contributed by atoms with Crippen LogP contribution in [0.2, 0.25) is 0 Å². The van der Waals surface area contributed by atoms with E-state index in [4.69, 9.17) is 19.3 Å². The maximum absolute atomic E-state index is 9.82. The molecule has 0 rings (SSSR count). The van der Waals surface area contributed by atoms with E-state index in [0.717, 1.165) is 0 Å². The van der Waals surface area contributed by atoms with E-state index in [0.29, 0.717) is 33.0 Å². The fourth-order valence-electron chi connectivity index (χ4n) is 0.792. The zero-order valence-electron chi connectivity index (χ0n) is 10.1. The molecule has 7 heteroatoms. The van der Waals surface area contributed by atoms with Gasteiger partial charge >= 0.3 is 0 Å². The molecule has 0 aromatic rings. The zero-order chi connectivity index (χ0) is 13.4. The van der Waals surface area contributed by atoms with Gasteiger partial charge < -0.3 is 24.4 Å². The van der Waals surface area contributed by atoms with Gasteiger partial charge in [0.25, 0.3) is 0 Å². The molecule has 0 aromatic carbocycles. The molecule has 0 saturated heterocycles. The standard InChI is InChI=1S/C10H20I2O5/c1-9(2,14)10(11,12)17-8-7-16-6-5-15-4-3-13/h13-14H,3-8H2,1-2H3. The first-order chi connectivity index (χ1) is 7.81. The van der Waals surface area contributed by atoms with Crippen molar-refractivity contribution in [2.24, 2.45) is 0 Å². The van der Waals surface area contributed by atoms with Crippen LogP contribution in [0, 0.1) is 0 Å². The summed E-state index contributed by atoms with van der Waals surface area (Å²) in [4.78, 5) is 0. The van der Waals surface area contributed by atoms with Crippen LogP contribution in [0.4, 0.5) is 0 Å². The summed E-state index contributed by atoms with van der Waals surface area (Å²) in [5.41, 5.74) is -0.918. The summed E-state index contributed by atoms with van der Waals surface area (Å²) < 4.78 is 15.2. The maximum atomic E-state index is 9.82. The first-order valence-electron chi connectivity index (χ1n) is 5.32. The summed E-state index contributed by atoms with van der Waals surface area (Å²) in [6, 6.07) is 0. The van der Waals surface area contributed by atoms with Gasteiger partial charge in [0.1, 0.15) is 5.60 Å².